The maximum absolute atomic E-state index is 13.2. The number of anilines is 1. The fourth-order valence-corrected chi connectivity index (χ4v) is 4.51. The first-order chi connectivity index (χ1) is 12.3. The molecule has 1 amide bonds. The van der Waals surface area contributed by atoms with Crippen LogP contribution in [0.1, 0.15) is 18.1 Å². The lowest BCUT2D eigenvalue weighted by atomic mass is 9.99. The molecule has 1 heterocycles. The summed E-state index contributed by atoms with van der Waals surface area (Å²) in [7, 11) is -3.71. The molecule has 1 aliphatic rings. The number of carbonyl (C=O) groups is 1. The summed E-state index contributed by atoms with van der Waals surface area (Å²) in [5, 5.41) is 0. The van der Waals surface area contributed by atoms with E-state index in [0.29, 0.717) is 13.1 Å². The Kier molecular flexibility index (Phi) is 5.00. The minimum Gasteiger partial charge on any atom is -0.336 e. The van der Waals surface area contributed by atoms with Crippen LogP contribution in [0.2, 0.25) is 0 Å². The van der Waals surface area contributed by atoms with E-state index >= 15 is 0 Å². The highest BCUT2D eigenvalue weighted by atomic mass is 32.2. The number of rotatable bonds is 4. The summed E-state index contributed by atoms with van der Waals surface area (Å²) in [5.41, 5.74) is 2.56. The Hall–Kier alpha value is -2.41. The Balaban J connectivity index is 1.86. The monoisotopic (exact) mass is 376 g/mol. The molecule has 1 unspecified atom stereocenters. The van der Waals surface area contributed by atoms with Gasteiger partial charge in [-0.05, 0) is 48.7 Å². The van der Waals surface area contributed by atoms with E-state index in [2.05, 4.69) is 0 Å². The minimum atomic E-state index is -3.71. The van der Waals surface area contributed by atoms with Crippen molar-refractivity contribution < 1.29 is 17.6 Å². The van der Waals surface area contributed by atoms with E-state index in [1.165, 1.54) is 29.8 Å². The molecule has 138 valence electrons. The molecule has 0 aromatic heterocycles. The summed E-state index contributed by atoms with van der Waals surface area (Å²) in [6, 6.07) is 12.1. The van der Waals surface area contributed by atoms with Gasteiger partial charge in [-0.2, -0.15) is 0 Å². The molecule has 3 rings (SSSR count). The van der Waals surface area contributed by atoms with Crippen LogP contribution in [0, 0.1) is 5.82 Å². The van der Waals surface area contributed by atoms with E-state index < -0.39 is 21.9 Å². The zero-order chi connectivity index (χ0) is 18.9. The van der Waals surface area contributed by atoms with Gasteiger partial charge in [0.1, 0.15) is 11.9 Å². The Labute approximate surface area is 153 Å². The summed E-state index contributed by atoms with van der Waals surface area (Å²) >= 11 is 0. The second-order valence-electron chi connectivity index (χ2n) is 6.49. The smallest absolute Gasteiger partial charge is 0.246 e. The van der Waals surface area contributed by atoms with Crippen molar-refractivity contribution >= 4 is 21.6 Å². The van der Waals surface area contributed by atoms with E-state index in [9.17, 15) is 17.6 Å². The third-order valence-electron chi connectivity index (χ3n) is 4.59. The second kappa shape index (κ2) is 7.07. The predicted molar refractivity (Wildman–Crippen MR) is 98.7 cm³/mol. The molecule has 0 saturated heterocycles. The Morgan fingerprint density at radius 1 is 1.12 bits per heavy atom. The van der Waals surface area contributed by atoms with Gasteiger partial charge in [0.05, 0.1) is 11.9 Å². The molecule has 0 fully saturated rings. The number of halogens is 1. The molecule has 1 aliphatic heterocycles. The highest BCUT2D eigenvalue weighted by Crippen LogP contribution is 2.24. The zero-order valence-electron chi connectivity index (χ0n) is 14.7. The maximum atomic E-state index is 13.2. The summed E-state index contributed by atoms with van der Waals surface area (Å²) in [4.78, 5) is 14.7. The Bertz CT molecular complexity index is 913. The number of nitrogens with zero attached hydrogens (tertiary/aromatic N) is 2. The topological polar surface area (TPSA) is 57.7 Å². The molecule has 0 bridgehead atoms. The van der Waals surface area contributed by atoms with Crippen molar-refractivity contribution in [2.45, 2.75) is 25.9 Å². The van der Waals surface area contributed by atoms with E-state index in [1.54, 1.807) is 11.8 Å². The van der Waals surface area contributed by atoms with E-state index in [1.807, 2.05) is 24.3 Å². The first kappa shape index (κ1) is 18.4. The summed E-state index contributed by atoms with van der Waals surface area (Å²) in [6.07, 6.45) is 1.79. The quantitative estimate of drug-likeness (QED) is 0.824. The molecular formula is C19H21FN2O3S. The third kappa shape index (κ3) is 3.72. The lowest BCUT2D eigenvalue weighted by Crippen LogP contribution is -2.50. The summed E-state index contributed by atoms with van der Waals surface area (Å²) < 4.78 is 38.9. The number of sulfonamides is 1. The molecule has 0 saturated carbocycles. The van der Waals surface area contributed by atoms with Crippen LogP contribution in [0.4, 0.5) is 10.1 Å². The number of benzene rings is 2. The summed E-state index contributed by atoms with van der Waals surface area (Å²) in [6.45, 7) is 2.56. The molecule has 7 heteroatoms. The predicted octanol–water partition coefficient (Wildman–Crippen LogP) is 2.57. The van der Waals surface area contributed by atoms with Crippen LogP contribution in [0.25, 0.3) is 0 Å². The van der Waals surface area contributed by atoms with Gasteiger partial charge in [0.25, 0.3) is 0 Å². The van der Waals surface area contributed by atoms with Gasteiger partial charge in [0, 0.05) is 13.1 Å². The molecule has 26 heavy (non-hydrogen) atoms. The molecule has 1 atom stereocenters. The average molecular weight is 376 g/mol. The SMILES string of the molecule is CC(C(=O)N1CCc2ccccc2C1)N(c1ccc(F)cc1)S(C)(=O)=O. The van der Waals surface area contributed by atoms with Crippen molar-refractivity contribution in [1.29, 1.82) is 0 Å². The molecule has 5 nitrogen and oxygen atoms in total. The molecule has 2 aromatic carbocycles. The van der Waals surface area contributed by atoms with Crippen molar-refractivity contribution in [2.24, 2.45) is 0 Å². The number of hydrogen-bond acceptors (Lipinski definition) is 3. The standard InChI is InChI=1S/C19H21FN2O3S/c1-14(22(26(2,24)25)18-9-7-17(20)8-10-18)19(23)21-12-11-15-5-3-4-6-16(15)13-21/h3-10,14H,11-13H2,1-2H3. The molecule has 0 N–H and O–H groups in total. The van der Waals surface area contributed by atoms with Gasteiger partial charge >= 0.3 is 0 Å². The average Bonchev–Trinajstić information content (AvgIpc) is 2.61. The van der Waals surface area contributed by atoms with Crippen molar-refractivity contribution in [1.82, 2.24) is 4.90 Å². The number of hydrogen-bond donors (Lipinski definition) is 0. The molecule has 2 aromatic rings. The van der Waals surface area contributed by atoms with Crippen molar-refractivity contribution in [3.8, 4) is 0 Å². The van der Waals surface area contributed by atoms with Crippen LogP contribution < -0.4 is 4.31 Å². The summed E-state index contributed by atoms with van der Waals surface area (Å²) in [5.74, 6) is -0.733. The normalized spacial score (nSPS) is 15.3. The third-order valence-corrected chi connectivity index (χ3v) is 5.83. The zero-order valence-corrected chi connectivity index (χ0v) is 15.5. The van der Waals surface area contributed by atoms with Crippen molar-refractivity contribution in [3.63, 3.8) is 0 Å². The van der Waals surface area contributed by atoms with E-state index in [-0.39, 0.29) is 11.6 Å². The second-order valence-corrected chi connectivity index (χ2v) is 8.35. The molecule has 0 spiro atoms. The van der Waals surface area contributed by atoms with Crippen LogP contribution in [0.15, 0.2) is 48.5 Å². The van der Waals surface area contributed by atoms with E-state index in [4.69, 9.17) is 0 Å². The fourth-order valence-electron chi connectivity index (χ4n) is 3.34. The first-order valence-corrected chi connectivity index (χ1v) is 10.2. The van der Waals surface area contributed by atoms with Gasteiger partial charge in [0.2, 0.25) is 15.9 Å². The molecule has 0 aliphatic carbocycles. The lowest BCUT2D eigenvalue weighted by Gasteiger charge is -2.35. The van der Waals surface area contributed by atoms with Crippen LogP contribution in [-0.4, -0.2) is 38.1 Å². The van der Waals surface area contributed by atoms with Crippen LogP contribution >= 0.6 is 0 Å². The van der Waals surface area contributed by atoms with Gasteiger partial charge in [-0.1, -0.05) is 24.3 Å². The Morgan fingerprint density at radius 3 is 2.35 bits per heavy atom. The van der Waals surface area contributed by atoms with Gasteiger partial charge in [-0.3, -0.25) is 9.10 Å². The number of fused-ring (bicyclic) bond motifs is 1. The fraction of sp³-hybridized carbons (Fsp3) is 0.316. The van der Waals surface area contributed by atoms with Gasteiger partial charge in [0.15, 0.2) is 0 Å². The number of amides is 1. The van der Waals surface area contributed by atoms with Gasteiger partial charge in [-0.25, -0.2) is 12.8 Å². The molecule has 0 radical (unpaired) electrons. The van der Waals surface area contributed by atoms with Gasteiger partial charge < -0.3 is 4.90 Å². The lowest BCUT2D eigenvalue weighted by molar-refractivity contribution is -0.132. The van der Waals surface area contributed by atoms with Crippen LogP contribution in [0.3, 0.4) is 0 Å². The minimum absolute atomic E-state index is 0.269. The first-order valence-electron chi connectivity index (χ1n) is 8.38. The van der Waals surface area contributed by atoms with Crippen LogP contribution in [0.5, 0.6) is 0 Å². The van der Waals surface area contributed by atoms with Crippen molar-refractivity contribution in [2.75, 3.05) is 17.1 Å². The van der Waals surface area contributed by atoms with Crippen LogP contribution in [-0.2, 0) is 27.8 Å². The maximum Gasteiger partial charge on any atom is 0.246 e. The highest BCUT2D eigenvalue weighted by Gasteiger charge is 2.33. The highest BCUT2D eigenvalue weighted by molar-refractivity contribution is 7.92. The molecular weight excluding hydrogens is 355 g/mol. The van der Waals surface area contributed by atoms with Gasteiger partial charge in [-0.15, -0.1) is 0 Å². The van der Waals surface area contributed by atoms with Crippen molar-refractivity contribution in [3.05, 3.63) is 65.5 Å². The number of carbonyl (C=O) groups excluding carboxylic acids is 1. The Morgan fingerprint density at radius 2 is 1.73 bits per heavy atom. The van der Waals surface area contributed by atoms with E-state index in [0.717, 1.165) is 22.5 Å². The largest absolute Gasteiger partial charge is 0.336 e.